The highest BCUT2D eigenvalue weighted by Crippen LogP contribution is 2.14. The molecule has 0 aliphatic carbocycles. The first kappa shape index (κ1) is 8.85. The second kappa shape index (κ2) is 3.44. The van der Waals surface area contributed by atoms with E-state index >= 15 is 0 Å². The molecule has 1 aromatic rings. The number of hydrogen-bond donors (Lipinski definition) is 1. The van der Waals surface area contributed by atoms with Gasteiger partial charge in [-0.2, -0.15) is 0 Å². The summed E-state index contributed by atoms with van der Waals surface area (Å²) in [7, 11) is 0. The minimum atomic E-state index is 0.851. The molecule has 12 heavy (non-hydrogen) atoms. The van der Waals surface area contributed by atoms with E-state index in [-0.39, 0.29) is 0 Å². The van der Waals surface area contributed by atoms with Gasteiger partial charge in [-0.15, -0.1) is 0 Å². The molecule has 0 saturated carbocycles. The zero-order chi connectivity index (χ0) is 9.14. The quantitative estimate of drug-likeness (QED) is 0.673. The summed E-state index contributed by atoms with van der Waals surface area (Å²) in [6.45, 7) is 6.13. The Morgan fingerprint density at radius 3 is 2.58 bits per heavy atom. The van der Waals surface area contributed by atoms with Crippen molar-refractivity contribution in [2.45, 2.75) is 20.8 Å². The lowest BCUT2D eigenvalue weighted by Crippen LogP contribution is -1.92. The monoisotopic (exact) mass is 161 g/mol. The number of rotatable bonds is 1. The van der Waals surface area contributed by atoms with Crippen molar-refractivity contribution in [1.29, 1.82) is 0 Å². The summed E-state index contributed by atoms with van der Waals surface area (Å²) in [4.78, 5) is 0. The summed E-state index contributed by atoms with van der Waals surface area (Å²) >= 11 is 0. The Labute approximate surface area is 73.9 Å². The Morgan fingerprint density at radius 2 is 2.00 bits per heavy atom. The molecule has 0 heterocycles. The summed E-state index contributed by atoms with van der Waals surface area (Å²) < 4.78 is 0. The van der Waals surface area contributed by atoms with Gasteiger partial charge in [-0.1, -0.05) is 18.2 Å². The maximum absolute atomic E-state index is 5.60. The van der Waals surface area contributed by atoms with E-state index in [0.29, 0.717) is 0 Å². The summed E-state index contributed by atoms with van der Waals surface area (Å²) in [5.41, 5.74) is 10.3. The molecule has 1 rings (SSSR count). The molecule has 0 aromatic heterocycles. The predicted octanol–water partition coefficient (Wildman–Crippen LogP) is 2.62. The summed E-state index contributed by atoms with van der Waals surface area (Å²) in [6, 6.07) is 6.24. The van der Waals surface area contributed by atoms with Gasteiger partial charge in [0.25, 0.3) is 0 Å². The van der Waals surface area contributed by atoms with Crippen molar-refractivity contribution in [1.82, 2.24) is 0 Å². The van der Waals surface area contributed by atoms with Gasteiger partial charge >= 0.3 is 0 Å². The lowest BCUT2D eigenvalue weighted by Gasteiger charge is -2.03. The topological polar surface area (TPSA) is 26.0 Å². The third-order valence-electron chi connectivity index (χ3n) is 2.03. The Balaban J connectivity index is 3.17. The van der Waals surface area contributed by atoms with Gasteiger partial charge in [0, 0.05) is 5.70 Å². The van der Waals surface area contributed by atoms with Gasteiger partial charge in [0.1, 0.15) is 0 Å². The Bertz CT molecular complexity index is 307. The molecule has 1 heteroatoms. The molecule has 0 spiro atoms. The molecule has 1 aromatic carbocycles. The van der Waals surface area contributed by atoms with Gasteiger partial charge in [0.2, 0.25) is 0 Å². The Morgan fingerprint density at radius 1 is 1.33 bits per heavy atom. The fourth-order valence-electron chi connectivity index (χ4n) is 1.18. The molecule has 0 radical (unpaired) electrons. The van der Waals surface area contributed by atoms with E-state index in [4.69, 9.17) is 5.73 Å². The molecular formula is C11H15N. The number of hydrogen-bond acceptors (Lipinski definition) is 1. The fraction of sp³-hybridized carbons (Fsp3) is 0.273. The van der Waals surface area contributed by atoms with E-state index in [1.165, 1.54) is 16.7 Å². The lowest BCUT2D eigenvalue weighted by molar-refractivity contribution is 1.30. The van der Waals surface area contributed by atoms with Crippen molar-refractivity contribution in [2.75, 3.05) is 0 Å². The molecular weight excluding hydrogens is 146 g/mol. The minimum absolute atomic E-state index is 0.851. The van der Waals surface area contributed by atoms with Crippen LogP contribution in [-0.4, -0.2) is 0 Å². The molecule has 1 nitrogen and oxygen atoms in total. The van der Waals surface area contributed by atoms with Crippen molar-refractivity contribution in [2.24, 2.45) is 5.73 Å². The van der Waals surface area contributed by atoms with Gasteiger partial charge in [0.05, 0.1) is 0 Å². The van der Waals surface area contributed by atoms with E-state index in [0.717, 1.165) is 5.70 Å². The second-order valence-electron chi connectivity index (χ2n) is 3.18. The molecule has 0 aliphatic rings. The van der Waals surface area contributed by atoms with Crippen molar-refractivity contribution in [3.05, 3.63) is 40.6 Å². The molecule has 0 saturated heterocycles. The first-order chi connectivity index (χ1) is 5.61. The largest absolute Gasteiger partial charge is 0.402 e. The number of benzene rings is 1. The van der Waals surface area contributed by atoms with Crippen molar-refractivity contribution < 1.29 is 0 Å². The standard InChI is InChI=1S/C11H15N/c1-8-5-4-6-11(10(8)3)7-9(2)12/h4-7H,12H2,1-3H3. The van der Waals surface area contributed by atoms with Gasteiger partial charge in [-0.3, -0.25) is 0 Å². The van der Waals surface area contributed by atoms with Crippen molar-refractivity contribution >= 4 is 6.08 Å². The highest BCUT2D eigenvalue weighted by Gasteiger charge is 1.96. The van der Waals surface area contributed by atoms with Crippen LogP contribution in [0.3, 0.4) is 0 Å². The zero-order valence-corrected chi connectivity index (χ0v) is 7.89. The average Bonchev–Trinajstić information content (AvgIpc) is 1.98. The van der Waals surface area contributed by atoms with Gasteiger partial charge < -0.3 is 5.73 Å². The van der Waals surface area contributed by atoms with E-state index in [9.17, 15) is 0 Å². The third kappa shape index (κ3) is 1.88. The van der Waals surface area contributed by atoms with Crippen molar-refractivity contribution in [3.63, 3.8) is 0 Å². The zero-order valence-electron chi connectivity index (χ0n) is 7.89. The highest BCUT2D eigenvalue weighted by molar-refractivity contribution is 5.57. The van der Waals surface area contributed by atoms with E-state index in [2.05, 4.69) is 32.0 Å². The fourth-order valence-corrected chi connectivity index (χ4v) is 1.18. The van der Waals surface area contributed by atoms with E-state index in [1.807, 2.05) is 13.0 Å². The first-order valence-electron chi connectivity index (χ1n) is 4.11. The maximum Gasteiger partial charge on any atom is 0.00549 e. The first-order valence-corrected chi connectivity index (χ1v) is 4.11. The van der Waals surface area contributed by atoms with Crippen LogP contribution in [0.15, 0.2) is 23.9 Å². The number of allylic oxidation sites excluding steroid dienone is 1. The van der Waals surface area contributed by atoms with Crippen LogP contribution in [0.1, 0.15) is 23.6 Å². The number of aryl methyl sites for hydroxylation is 1. The molecule has 2 N–H and O–H groups in total. The van der Waals surface area contributed by atoms with Crippen LogP contribution < -0.4 is 5.73 Å². The van der Waals surface area contributed by atoms with Crippen LogP contribution in [0, 0.1) is 13.8 Å². The van der Waals surface area contributed by atoms with Crippen LogP contribution in [-0.2, 0) is 0 Å². The molecule has 0 fully saturated rings. The maximum atomic E-state index is 5.60. The number of nitrogens with two attached hydrogens (primary N) is 1. The lowest BCUT2D eigenvalue weighted by atomic mass is 10.0. The molecule has 64 valence electrons. The van der Waals surface area contributed by atoms with E-state index < -0.39 is 0 Å². The second-order valence-corrected chi connectivity index (χ2v) is 3.18. The normalized spacial score (nSPS) is 11.8. The molecule has 0 unspecified atom stereocenters. The predicted molar refractivity (Wildman–Crippen MR) is 53.8 cm³/mol. The summed E-state index contributed by atoms with van der Waals surface area (Å²) in [5.74, 6) is 0. The van der Waals surface area contributed by atoms with Crippen LogP contribution in [0.25, 0.3) is 6.08 Å². The highest BCUT2D eigenvalue weighted by atomic mass is 14.5. The van der Waals surface area contributed by atoms with Crippen LogP contribution in [0.5, 0.6) is 0 Å². The van der Waals surface area contributed by atoms with Crippen LogP contribution >= 0.6 is 0 Å². The van der Waals surface area contributed by atoms with Crippen LogP contribution in [0.4, 0.5) is 0 Å². The van der Waals surface area contributed by atoms with E-state index in [1.54, 1.807) is 0 Å². The molecule has 0 amide bonds. The van der Waals surface area contributed by atoms with Crippen LogP contribution in [0.2, 0.25) is 0 Å². The third-order valence-corrected chi connectivity index (χ3v) is 2.03. The summed E-state index contributed by atoms with van der Waals surface area (Å²) in [5, 5.41) is 0. The van der Waals surface area contributed by atoms with Gasteiger partial charge in [0.15, 0.2) is 0 Å². The smallest absolute Gasteiger partial charge is 0.00549 e. The SMILES string of the molecule is CC(N)=Cc1cccc(C)c1C. The Hall–Kier alpha value is -1.24. The summed E-state index contributed by atoms with van der Waals surface area (Å²) in [6.07, 6.45) is 2.00. The minimum Gasteiger partial charge on any atom is -0.402 e. The van der Waals surface area contributed by atoms with Crippen molar-refractivity contribution in [3.8, 4) is 0 Å². The molecule has 0 atom stereocenters. The molecule has 0 bridgehead atoms. The van der Waals surface area contributed by atoms with Gasteiger partial charge in [-0.25, -0.2) is 0 Å². The Kier molecular flexibility index (Phi) is 2.54. The van der Waals surface area contributed by atoms with Gasteiger partial charge in [-0.05, 0) is 43.5 Å². The average molecular weight is 161 g/mol. The molecule has 0 aliphatic heterocycles.